The minimum atomic E-state index is -1.02. The molecule has 5 nitrogen and oxygen atoms in total. The first kappa shape index (κ1) is 12.2. The van der Waals surface area contributed by atoms with Gasteiger partial charge < -0.3 is 19.7 Å². The number of hydrogen-bond donors (Lipinski definition) is 2. The van der Waals surface area contributed by atoms with Crippen molar-refractivity contribution in [3.05, 3.63) is 0 Å². The van der Waals surface area contributed by atoms with Crippen molar-refractivity contribution in [3.63, 3.8) is 0 Å². The molecule has 14 heavy (non-hydrogen) atoms. The second-order valence-corrected chi connectivity index (χ2v) is 4.68. The molecule has 82 valence electrons. The van der Waals surface area contributed by atoms with E-state index in [1.807, 2.05) is 22.6 Å². The van der Waals surface area contributed by atoms with Crippen molar-refractivity contribution in [2.45, 2.75) is 42.4 Å². The van der Waals surface area contributed by atoms with Crippen LogP contribution in [0.5, 0.6) is 0 Å². The molecule has 0 unspecified atom stereocenters. The maximum Gasteiger partial charge on any atom is 0.303 e. The number of carbonyl (C=O) groups excluding carboxylic acids is 1. The molecule has 6 heteroatoms. The van der Waals surface area contributed by atoms with E-state index in [1.165, 1.54) is 6.92 Å². The summed E-state index contributed by atoms with van der Waals surface area (Å²) >= 11 is 1.86. The van der Waals surface area contributed by atoms with Gasteiger partial charge in [-0.05, 0) is 6.92 Å². The van der Waals surface area contributed by atoms with Gasteiger partial charge in [-0.3, -0.25) is 4.79 Å². The van der Waals surface area contributed by atoms with Crippen molar-refractivity contribution >= 4 is 28.6 Å². The zero-order chi connectivity index (χ0) is 10.9. The first-order valence-electron chi connectivity index (χ1n) is 4.26. The van der Waals surface area contributed by atoms with Crippen molar-refractivity contribution < 1.29 is 24.5 Å². The van der Waals surface area contributed by atoms with Gasteiger partial charge in [0.25, 0.3) is 0 Å². The lowest BCUT2D eigenvalue weighted by Gasteiger charge is -2.38. The van der Waals surface area contributed by atoms with E-state index in [4.69, 9.17) is 9.47 Å². The van der Waals surface area contributed by atoms with Crippen LogP contribution < -0.4 is 0 Å². The van der Waals surface area contributed by atoms with Crippen LogP contribution in [0.1, 0.15) is 13.8 Å². The van der Waals surface area contributed by atoms with Crippen LogP contribution in [0.4, 0.5) is 0 Å². The fourth-order valence-electron chi connectivity index (χ4n) is 1.36. The topological polar surface area (TPSA) is 76.0 Å². The van der Waals surface area contributed by atoms with Gasteiger partial charge in [-0.1, -0.05) is 22.6 Å². The standard InChI is InChI=1S/C8H13IO5/c1-3-7(14-4(2)10)6(11)5(9)8(12)13-3/h3,5-8,11-12H,1-2H3/t3-,5-,6-,7-,8-/m1/s1. The lowest BCUT2D eigenvalue weighted by molar-refractivity contribution is -0.228. The molecular formula is C8H13IO5. The van der Waals surface area contributed by atoms with Gasteiger partial charge >= 0.3 is 5.97 Å². The number of carbonyl (C=O) groups is 1. The molecule has 0 aromatic rings. The molecule has 0 aliphatic carbocycles. The monoisotopic (exact) mass is 316 g/mol. The van der Waals surface area contributed by atoms with Gasteiger partial charge in [0, 0.05) is 6.92 Å². The minimum Gasteiger partial charge on any atom is -0.457 e. The number of hydrogen-bond acceptors (Lipinski definition) is 5. The van der Waals surface area contributed by atoms with Gasteiger partial charge in [0.1, 0.15) is 6.10 Å². The third-order valence-corrected chi connectivity index (χ3v) is 3.41. The number of halogens is 1. The van der Waals surface area contributed by atoms with Crippen molar-refractivity contribution in [2.75, 3.05) is 0 Å². The van der Waals surface area contributed by atoms with E-state index < -0.39 is 34.5 Å². The van der Waals surface area contributed by atoms with Crippen LogP contribution in [0, 0.1) is 0 Å². The Morgan fingerprint density at radius 2 is 2.07 bits per heavy atom. The molecule has 0 saturated carbocycles. The van der Waals surface area contributed by atoms with Crippen molar-refractivity contribution in [3.8, 4) is 0 Å². The molecule has 1 heterocycles. The molecular weight excluding hydrogens is 303 g/mol. The number of rotatable bonds is 1. The van der Waals surface area contributed by atoms with E-state index >= 15 is 0 Å². The molecule has 0 aromatic carbocycles. The van der Waals surface area contributed by atoms with Crippen molar-refractivity contribution in [2.24, 2.45) is 0 Å². The Hall–Kier alpha value is 0.0800. The highest BCUT2D eigenvalue weighted by Crippen LogP contribution is 2.27. The lowest BCUT2D eigenvalue weighted by atomic mass is 10.0. The number of aliphatic hydroxyl groups excluding tert-OH is 2. The summed E-state index contributed by atoms with van der Waals surface area (Å²) in [6.45, 7) is 2.91. The third kappa shape index (κ3) is 2.56. The number of ether oxygens (including phenoxy) is 2. The van der Waals surface area contributed by atoms with Gasteiger partial charge in [-0.2, -0.15) is 0 Å². The van der Waals surface area contributed by atoms with Gasteiger partial charge in [0.2, 0.25) is 0 Å². The van der Waals surface area contributed by atoms with Crippen LogP contribution in [0.2, 0.25) is 0 Å². The summed E-state index contributed by atoms with van der Waals surface area (Å²) in [4.78, 5) is 10.7. The Morgan fingerprint density at radius 3 is 2.57 bits per heavy atom. The summed E-state index contributed by atoms with van der Waals surface area (Å²) in [5.41, 5.74) is 0. The molecule has 0 amide bonds. The molecule has 0 radical (unpaired) electrons. The fraction of sp³-hybridized carbons (Fsp3) is 0.875. The Morgan fingerprint density at radius 1 is 1.50 bits per heavy atom. The quantitative estimate of drug-likeness (QED) is 0.399. The van der Waals surface area contributed by atoms with Gasteiger partial charge in [0.15, 0.2) is 12.4 Å². The first-order chi connectivity index (χ1) is 6.43. The van der Waals surface area contributed by atoms with E-state index in [9.17, 15) is 15.0 Å². The van der Waals surface area contributed by atoms with Crippen LogP contribution in [0.3, 0.4) is 0 Å². The molecule has 0 spiro atoms. The van der Waals surface area contributed by atoms with Gasteiger partial charge in [-0.25, -0.2) is 0 Å². The molecule has 2 N–H and O–H groups in total. The average Bonchev–Trinajstić information content (AvgIpc) is 2.09. The van der Waals surface area contributed by atoms with Crippen LogP contribution in [-0.4, -0.2) is 44.7 Å². The first-order valence-corrected chi connectivity index (χ1v) is 5.51. The Bertz CT molecular complexity index is 222. The van der Waals surface area contributed by atoms with Crippen LogP contribution >= 0.6 is 22.6 Å². The largest absolute Gasteiger partial charge is 0.457 e. The highest BCUT2D eigenvalue weighted by Gasteiger charge is 2.43. The van der Waals surface area contributed by atoms with Gasteiger partial charge in [-0.15, -0.1) is 0 Å². The molecule has 0 aromatic heterocycles. The summed E-state index contributed by atoms with van der Waals surface area (Å²) in [5, 5.41) is 19.0. The maximum absolute atomic E-state index is 10.7. The number of esters is 1. The Labute approximate surface area is 95.5 Å². The SMILES string of the molecule is CC(=O)O[C@H]1[C@H](O)[C@@H](I)[C@H](O)O[C@@H]1C. The maximum atomic E-state index is 10.7. The summed E-state index contributed by atoms with van der Waals surface area (Å²) in [5.74, 6) is -0.468. The minimum absolute atomic E-state index is 0.468. The molecule has 1 fully saturated rings. The predicted octanol–water partition coefficient (Wildman–Crippen LogP) is -0.180. The van der Waals surface area contributed by atoms with E-state index in [0.29, 0.717) is 0 Å². The molecule has 0 bridgehead atoms. The highest BCUT2D eigenvalue weighted by molar-refractivity contribution is 14.1. The van der Waals surface area contributed by atoms with Crippen molar-refractivity contribution in [1.82, 2.24) is 0 Å². The highest BCUT2D eigenvalue weighted by atomic mass is 127. The van der Waals surface area contributed by atoms with Gasteiger partial charge in [0.05, 0.1) is 10.0 Å². The van der Waals surface area contributed by atoms with E-state index in [0.717, 1.165) is 0 Å². The molecule has 5 atom stereocenters. The second kappa shape index (κ2) is 4.73. The third-order valence-electron chi connectivity index (χ3n) is 2.05. The van der Waals surface area contributed by atoms with Crippen LogP contribution in [0.25, 0.3) is 0 Å². The lowest BCUT2D eigenvalue weighted by Crippen LogP contribution is -2.55. The molecule has 1 rings (SSSR count). The second-order valence-electron chi connectivity index (χ2n) is 3.24. The van der Waals surface area contributed by atoms with Crippen LogP contribution in [0.15, 0.2) is 0 Å². The normalized spacial score (nSPS) is 43.4. The van der Waals surface area contributed by atoms with E-state index in [-0.39, 0.29) is 0 Å². The molecule has 1 saturated heterocycles. The summed E-state index contributed by atoms with van der Waals surface area (Å²) in [7, 11) is 0. The summed E-state index contributed by atoms with van der Waals surface area (Å²) in [6.07, 6.45) is -3.14. The van der Waals surface area contributed by atoms with Crippen LogP contribution in [-0.2, 0) is 14.3 Å². The summed E-state index contributed by atoms with van der Waals surface area (Å²) < 4.78 is 9.51. The van der Waals surface area contributed by atoms with E-state index in [2.05, 4.69) is 0 Å². The van der Waals surface area contributed by atoms with E-state index in [1.54, 1.807) is 6.92 Å². The predicted molar refractivity (Wildman–Crippen MR) is 55.9 cm³/mol. The Kier molecular flexibility index (Phi) is 4.11. The Balaban J connectivity index is 2.68. The van der Waals surface area contributed by atoms with Crippen molar-refractivity contribution in [1.29, 1.82) is 0 Å². The molecule has 1 aliphatic heterocycles. The zero-order valence-corrected chi connectivity index (χ0v) is 10.0. The summed E-state index contributed by atoms with van der Waals surface area (Å²) in [6, 6.07) is 0. The number of alkyl halides is 1. The average molecular weight is 316 g/mol. The fourth-order valence-corrected chi connectivity index (χ4v) is 1.94. The number of aliphatic hydroxyl groups is 2. The smallest absolute Gasteiger partial charge is 0.303 e. The molecule has 1 aliphatic rings. The zero-order valence-electron chi connectivity index (χ0n) is 7.88.